The molecule has 0 aliphatic carbocycles. The van der Waals surface area contributed by atoms with Gasteiger partial charge in [-0.25, -0.2) is 0 Å². The van der Waals surface area contributed by atoms with E-state index in [1.54, 1.807) is 18.2 Å². The third kappa shape index (κ3) is 2.91. The lowest BCUT2D eigenvalue weighted by Gasteiger charge is -2.09. The van der Waals surface area contributed by atoms with Crippen molar-refractivity contribution in [1.29, 1.82) is 5.26 Å². The van der Waals surface area contributed by atoms with Gasteiger partial charge in [-0.15, -0.1) is 10.2 Å². The van der Waals surface area contributed by atoms with E-state index in [1.807, 2.05) is 6.07 Å². The van der Waals surface area contributed by atoms with Crippen molar-refractivity contribution in [2.24, 2.45) is 0 Å². The van der Waals surface area contributed by atoms with Crippen LogP contribution in [0.25, 0.3) is 0 Å². The first kappa shape index (κ1) is 13.1. The number of halogens is 3. The van der Waals surface area contributed by atoms with Crippen molar-refractivity contribution in [3.8, 4) is 6.07 Å². The standard InChI is InChI=1S/C11H5BrCl2N4/c12-7-1-2-8(6(3-7)5-15)16-9-4-10(13)17-18-11(9)14/h1-4H,(H,16,17). The smallest absolute Gasteiger partial charge is 0.175 e. The van der Waals surface area contributed by atoms with Crippen molar-refractivity contribution in [2.75, 3.05) is 5.32 Å². The highest BCUT2D eigenvalue weighted by Crippen LogP contribution is 2.28. The molecule has 1 aromatic carbocycles. The molecule has 0 amide bonds. The zero-order valence-corrected chi connectivity index (χ0v) is 11.9. The maximum Gasteiger partial charge on any atom is 0.175 e. The SMILES string of the molecule is N#Cc1cc(Br)ccc1Nc1cc(Cl)nnc1Cl. The minimum Gasteiger partial charge on any atom is -0.352 e. The number of hydrogen-bond acceptors (Lipinski definition) is 4. The van der Waals surface area contributed by atoms with Gasteiger partial charge in [0.25, 0.3) is 0 Å². The Labute approximate surface area is 122 Å². The van der Waals surface area contributed by atoms with Crippen LogP contribution >= 0.6 is 39.1 Å². The lowest BCUT2D eigenvalue weighted by atomic mass is 10.2. The molecule has 1 N–H and O–H groups in total. The molecule has 7 heteroatoms. The molecular formula is C11H5BrCl2N4. The van der Waals surface area contributed by atoms with Crippen molar-refractivity contribution in [2.45, 2.75) is 0 Å². The molecule has 1 aromatic heterocycles. The Hall–Kier alpha value is -1.35. The maximum absolute atomic E-state index is 9.05. The fraction of sp³-hybridized carbons (Fsp3) is 0. The molecule has 0 bridgehead atoms. The summed E-state index contributed by atoms with van der Waals surface area (Å²) >= 11 is 14.9. The van der Waals surface area contributed by atoms with Crippen LogP contribution in [-0.2, 0) is 0 Å². The largest absolute Gasteiger partial charge is 0.352 e. The fourth-order valence-corrected chi connectivity index (χ4v) is 1.95. The summed E-state index contributed by atoms with van der Waals surface area (Å²) in [6.07, 6.45) is 0. The van der Waals surface area contributed by atoms with Crippen LogP contribution in [0.5, 0.6) is 0 Å². The molecule has 0 saturated heterocycles. The molecule has 1 heterocycles. The quantitative estimate of drug-likeness (QED) is 0.889. The summed E-state index contributed by atoms with van der Waals surface area (Å²) in [5, 5.41) is 19.7. The Balaban J connectivity index is 2.40. The zero-order valence-electron chi connectivity index (χ0n) is 8.78. The predicted molar refractivity (Wildman–Crippen MR) is 74.2 cm³/mol. The molecule has 0 radical (unpaired) electrons. The van der Waals surface area contributed by atoms with Crippen LogP contribution in [0.3, 0.4) is 0 Å². The number of aromatic nitrogens is 2. The minimum atomic E-state index is 0.186. The van der Waals surface area contributed by atoms with Gasteiger partial charge < -0.3 is 5.32 Å². The third-order valence-electron chi connectivity index (χ3n) is 2.09. The van der Waals surface area contributed by atoms with E-state index in [0.717, 1.165) is 4.47 Å². The zero-order chi connectivity index (χ0) is 13.1. The van der Waals surface area contributed by atoms with E-state index in [2.05, 4.69) is 37.5 Å². The molecule has 0 fully saturated rings. The summed E-state index contributed by atoms with van der Waals surface area (Å²) in [5.74, 6) is 0. The van der Waals surface area contributed by atoms with Crippen LogP contribution in [0, 0.1) is 11.3 Å². The van der Waals surface area contributed by atoms with Crippen molar-refractivity contribution in [1.82, 2.24) is 10.2 Å². The van der Waals surface area contributed by atoms with Gasteiger partial charge in [-0.1, -0.05) is 39.1 Å². The van der Waals surface area contributed by atoms with Gasteiger partial charge in [-0.05, 0) is 18.2 Å². The van der Waals surface area contributed by atoms with Gasteiger partial charge in [-0.3, -0.25) is 0 Å². The molecule has 0 atom stereocenters. The number of nitrogens with one attached hydrogen (secondary N) is 1. The fourth-order valence-electron chi connectivity index (χ4n) is 1.30. The number of anilines is 2. The van der Waals surface area contributed by atoms with Crippen LogP contribution < -0.4 is 5.32 Å². The van der Waals surface area contributed by atoms with E-state index in [-0.39, 0.29) is 10.3 Å². The average molecular weight is 344 g/mol. The van der Waals surface area contributed by atoms with E-state index >= 15 is 0 Å². The highest BCUT2D eigenvalue weighted by Gasteiger charge is 2.08. The summed E-state index contributed by atoms with van der Waals surface area (Å²) in [6.45, 7) is 0. The molecule has 4 nitrogen and oxygen atoms in total. The number of nitrogens with zero attached hydrogens (tertiary/aromatic N) is 3. The topological polar surface area (TPSA) is 61.6 Å². The predicted octanol–water partition coefficient (Wildman–Crippen LogP) is 4.16. The first-order valence-corrected chi connectivity index (χ1v) is 6.30. The number of hydrogen-bond donors (Lipinski definition) is 1. The lowest BCUT2D eigenvalue weighted by molar-refractivity contribution is 1.03. The molecule has 2 rings (SSSR count). The molecule has 2 aromatic rings. The molecule has 0 aliphatic rings. The Morgan fingerprint density at radius 1 is 1.17 bits per heavy atom. The number of rotatable bonds is 2. The van der Waals surface area contributed by atoms with Gasteiger partial charge in [0.05, 0.1) is 16.9 Å². The second kappa shape index (κ2) is 5.53. The van der Waals surface area contributed by atoms with Crippen molar-refractivity contribution < 1.29 is 0 Å². The molecule has 90 valence electrons. The second-order valence-corrected chi connectivity index (χ2v) is 4.96. The van der Waals surface area contributed by atoms with Crippen molar-refractivity contribution >= 4 is 50.5 Å². The third-order valence-corrected chi connectivity index (χ3v) is 3.05. The van der Waals surface area contributed by atoms with Crippen molar-refractivity contribution in [3.05, 3.63) is 44.6 Å². The molecular weight excluding hydrogens is 339 g/mol. The summed E-state index contributed by atoms with van der Waals surface area (Å²) < 4.78 is 0.821. The van der Waals surface area contributed by atoms with Gasteiger partial charge in [0.1, 0.15) is 6.07 Å². The Morgan fingerprint density at radius 2 is 1.94 bits per heavy atom. The minimum absolute atomic E-state index is 0.186. The van der Waals surface area contributed by atoms with E-state index in [1.165, 1.54) is 0 Å². The highest BCUT2D eigenvalue weighted by molar-refractivity contribution is 9.10. The Morgan fingerprint density at radius 3 is 2.67 bits per heavy atom. The highest BCUT2D eigenvalue weighted by atomic mass is 79.9. The second-order valence-electron chi connectivity index (χ2n) is 3.30. The van der Waals surface area contributed by atoms with Crippen LogP contribution in [0.15, 0.2) is 28.7 Å². The van der Waals surface area contributed by atoms with Crippen molar-refractivity contribution in [3.63, 3.8) is 0 Å². The van der Waals surface area contributed by atoms with Crippen LogP contribution in [0.4, 0.5) is 11.4 Å². The molecule has 0 aliphatic heterocycles. The van der Waals surface area contributed by atoms with E-state index < -0.39 is 0 Å². The molecule has 0 saturated carbocycles. The Kier molecular flexibility index (Phi) is 4.02. The van der Waals surface area contributed by atoms with Gasteiger partial charge in [-0.2, -0.15) is 5.26 Å². The first-order chi connectivity index (χ1) is 8.60. The van der Waals surface area contributed by atoms with Gasteiger partial charge in [0.2, 0.25) is 0 Å². The maximum atomic E-state index is 9.05. The van der Waals surface area contributed by atoms with E-state index in [9.17, 15) is 0 Å². The summed E-state index contributed by atoms with van der Waals surface area (Å²) in [5.41, 5.74) is 1.59. The van der Waals surface area contributed by atoms with Gasteiger partial charge in [0, 0.05) is 10.5 Å². The average Bonchev–Trinajstić information content (AvgIpc) is 2.36. The van der Waals surface area contributed by atoms with Gasteiger partial charge >= 0.3 is 0 Å². The van der Waals surface area contributed by atoms with E-state index in [4.69, 9.17) is 28.5 Å². The molecule has 18 heavy (non-hydrogen) atoms. The van der Waals surface area contributed by atoms with Crippen LogP contribution in [-0.4, -0.2) is 10.2 Å². The van der Waals surface area contributed by atoms with E-state index in [0.29, 0.717) is 16.9 Å². The number of benzene rings is 1. The van der Waals surface area contributed by atoms with Crippen LogP contribution in [0.2, 0.25) is 10.3 Å². The monoisotopic (exact) mass is 342 g/mol. The molecule has 0 unspecified atom stereocenters. The summed E-state index contributed by atoms with van der Waals surface area (Å²) in [6, 6.07) is 8.90. The van der Waals surface area contributed by atoms with Crippen LogP contribution in [0.1, 0.15) is 5.56 Å². The Bertz CT molecular complexity index is 639. The van der Waals surface area contributed by atoms with Gasteiger partial charge in [0.15, 0.2) is 10.3 Å². The summed E-state index contributed by atoms with van der Waals surface area (Å²) in [7, 11) is 0. The summed E-state index contributed by atoms with van der Waals surface area (Å²) in [4.78, 5) is 0. The lowest BCUT2D eigenvalue weighted by Crippen LogP contribution is -1.97. The normalized spacial score (nSPS) is 9.89. The number of nitriles is 1. The first-order valence-electron chi connectivity index (χ1n) is 4.75. The molecule has 0 spiro atoms.